The van der Waals surface area contributed by atoms with Gasteiger partial charge in [-0.2, -0.15) is 8.42 Å². The Morgan fingerprint density at radius 2 is 2.14 bits per heavy atom. The Hall–Kier alpha value is -0.730. The van der Waals surface area contributed by atoms with Crippen LogP contribution in [0.15, 0.2) is 0 Å². The highest BCUT2D eigenvalue weighted by atomic mass is 32.3. The molecule has 0 aliphatic carbocycles. The van der Waals surface area contributed by atoms with Crippen LogP contribution in [0.25, 0.3) is 0 Å². The molecule has 4 nitrogen and oxygen atoms in total. The monoisotopic (exact) mass is 122 g/mol. The van der Waals surface area contributed by atoms with Gasteiger partial charge < -0.3 is 4.18 Å². The Bertz CT molecular complexity index is 170. The molecule has 0 aromatic carbocycles. The predicted octanol–water partition coefficient (Wildman–Crippen LogP) is -0.603. The van der Waals surface area contributed by atoms with Gasteiger partial charge in [-0.25, -0.2) is 0 Å². The maximum Gasteiger partial charge on any atom is 0.454 e. The van der Waals surface area contributed by atoms with Gasteiger partial charge in [-0.05, 0) is 0 Å². The summed E-state index contributed by atoms with van der Waals surface area (Å²) in [5.41, 5.74) is 0. The van der Waals surface area contributed by atoms with E-state index in [1.165, 1.54) is 6.11 Å². The van der Waals surface area contributed by atoms with Crippen molar-refractivity contribution in [1.82, 2.24) is 0 Å². The lowest BCUT2D eigenvalue weighted by Gasteiger charge is -1.83. The maximum absolute atomic E-state index is 9.42. The largest absolute Gasteiger partial charge is 0.454 e. The molecule has 0 radical (unpaired) electrons. The van der Waals surface area contributed by atoms with Crippen molar-refractivity contribution in [2.45, 2.75) is 0 Å². The highest BCUT2D eigenvalue weighted by molar-refractivity contribution is 7.81. The van der Waals surface area contributed by atoms with Crippen molar-refractivity contribution in [3.8, 4) is 12.5 Å². The highest BCUT2D eigenvalue weighted by Crippen LogP contribution is 1.78. The molecule has 5 heteroatoms. The molecule has 0 rings (SSSR count). The van der Waals surface area contributed by atoms with Gasteiger partial charge >= 0.3 is 10.4 Å². The minimum Gasteiger partial charge on any atom is -0.307 e. The normalized spacial score (nSPS) is 9.71. The van der Waals surface area contributed by atoms with Crippen LogP contribution in [0.1, 0.15) is 0 Å². The van der Waals surface area contributed by atoms with Gasteiger partial charge in [-0.15, -0.1) is 0 Å². The van der Waals surface area contributed by atoms with E-state index < -0.39 is 10.4 Å². The third-order valence-electron chi connectivity index (χ3n) is 0.153. The molecule has 0 aliphatic heterocycles. The molecule has 0 spiro atoms. The van der Waals surface area contributed by atoms with Crippen molar-refractivity contribution in [3.05, 3.63) is 0 Å². The fraction of sp³-hybridized carbons (Fsp3) is 0. The van der Waals surface area contributed by atoms with E-state index in [-0.39, 0.29) is 0 Å². The van der Waals surface area contributed by atoms with Crippen LogP contribution in [0, 0.1) is 12.5 Å². The van der Waals surface area contributed by atoms with Gasteiger partial charge in [0.1, 0.15) is 6.11 Å². The summed E-state index contributed by atoms with van der Waals surface area (Å²) < 4.78 is 29.8. The van der Waals surface area contributed by atoms with Gasteiger partial charge in [0.15, 0.2) is 0 Å². The van der Waals surface area contributed by atoms with Crippen LogP contribution in [0.2, 0.25) is 0 Å². The fourth-order valence-corrected chi connectivity index (χ4v) is 0.182. The number of hydrogen-bond acceptors (Lipinski definition) is 3. The van der Waals surface area contributed by atoms with E-state index in [9.17, 15) is 8.42 Å². The third kappa shape index (κ3) is 5.27. The topological polar surface area (TPSA) is 63.6 Å². The van der Waals surface area contributed by atoms with Crippen molar-refractivity contribution in [2.24, 2.45) is 0 Å². The molecule has 0 atom stereocenters. The van der Waals surface area contributed by atoms with Crippen LogP contribution in [0.5, 0.6) is 0 Å². The number of rotatable bonds is 1. The van der Waals surface area contributed by atoms with Crippen LogP contribution in [0.3, 0.4) is 0 Å². The lowest BCUT2D eigenvalue weighted by atomic mass is 11.3. The fourth-order valence-electron chi connectivity index (χ4n) is 0.0608. The highest BCUT2D eigenvalue weighted by Gasteiger charge is 1.97. The average molecular weight is 122 g/mol. The quantitative estimate of drug-likeness (QED) is 0.372. The summed E-state index contributed by atoms with van der Waals surface area (Å²) in [5, 5.41) is 0. The molecule has 1 N–H and O–H groups in total. The van der Waals surface area contributed by atoms with Crippen LogP contribution < -0.4 is 0 Å². The first-order chi connectivity index (χ1) is 3.06. The summed E-state index contributed by atoms with van der Waals surface area (Å²) in [6.45, 7) is 0. The van der Waals surface area contributed by atoms with E-state index >= 15 is 0 Å². The molecule has 0 amide bonds. The van der Waals surface area contributed by atoms with E-state index in [1.807, 2.05) is 0 Å². The van der Waals surface area contributed by atoms with E-state index in [0.717, 1.165) is 0 Å². The average Bonchev–Trinajstić information content (AvgIpc) is 1.30. The molecular formula is C2H2O4S. The second-order valence-electron chi connectivity index (χ2n) is 0.629. The summed E-state index contributed by atoms with van der Waals surface area (Å²) >= 11 is 0. The second-order valence-corrected chi connectivity index (χ2v) is 1.65. The zero-order valence-electron chi connectivity index (χ0n) is 3.16. The Morgan fingerprint density at radius 1 is 1.71 bits per heavy atom. The molecule has 0 aromatic rings. The first-order valence-electron chi connectivity index (χ1n) is 1.18. The van der Waals surface area contributed by atoms with Crippen molar-refractivity contribution in [1.29, 1.82) is 0 Å². The Labute approximate surface area is 41.1 Å². The molecule has 0 aromatic heterocycles. The second kappa shape index (κ2) is 1.82. The SMILES string of the molecule is C#COS(=O)(=O)O. The van der Waals surface area contributed by atoms with Crippen molar-refractivity contribution >= 4 is 10.4 Å². The smallest absolute Gasteiger partial charge is 0.307 e. The molecule has 0 heterocycles. The Balaban J connectivity index is 3.92. The molecule has 0 bridgehead atoms. The summed E-state index contributed by atoms with van der Waals surface area (Å²) in [7, 11) is -4.41. The predicted molar refractivity (Wildman–Crippen MR) is 21.5 cm³/mol. The molecule has 0 saturated carbocycles. The summed E-state index contributed by atoms with van der Waals surface area (Å²) in [5.74, 6) is 0. The lowest BCUT2D eigenvalue weighted by Crippen LogP contribution is -1.96. The molecule has 7 heavy (non-hydrogen) atoms. The molecule has 40 valence electrons. The van der Waals surface area contributed by atoms with Gasteiger partial charge in [0.2, 0.25) is 0 Å². The van der Waals surface area contributed by atoms with Gasteiger partial charge in [-0.1, -0.05) is 6.42 Å². The molecular weight excluding hydrogens is 120 g/mol. The van der Waals surface area contributed by atoms with E-state index in [0.29, 0.717) is 0 Å². The van der Waals surface area contributed by atoms with Crippen LogP contribution >= 0.6 is 0 Å². The first kappa shape index (κ1) is 6.27. The summed E-state index contributed by atoms with van der Waals surface area (Å²) in [6.07, 6.45) is 5.57. The zero-order chi connectivity index (χ0) is 5.91. The van der Waals surface area contributed by atoms with Gasteiger partial charge in [0.25, 0.3) is 0 Å². The van der Waals surface area contributed by atoms with Crippen molar-refractivity contribution in [3.63, 3.8) is 0 Å². The van der Waals surface area contributed by atoms with Gasteiger partial charge in [0.05, 0.1) is 0 Å². The molecule has 0 unspecified atom stereocenters. The number of hydrogen-bond donors (Lipinski definition) is 1. The molecule has 0 saturated heterocycles. The zero-order valence-corrected chi connectivity index (χ0v) is 3.97. The lowest BCUT2D eigenvalue weighted by molar-refractivity contribution is 0.371. The maximum atomic E-state index is 9.42. The van der Waals surface area contributed by atoms with Crippen LogP contribution in [-0.2, 0) is 14.6 Å². The van der Waals surface area contributed by atoms with Gasteiger partial charge in [-0.3, -0.25) is 4.55 Å². The standard InChI is InChI=1S/C2H2O4S/c1-2-6-7(3,4)5/h1H,(H,3,4,5). The number of terminal acetylenes is 1. The molecule has 0 fully saturated rings. The minimum absolute atomic E-state index is 1.27. The van der Waals surface area contributed by atoms with Crippen molar-refractivity contribution in [2.75, 3.05) is 0 Å². The van der Waals surface area contributed by atoms with Gasteiger partial charge in [0, 0.05) is 0 Å². The van der Waals surface area contributed by atoms with E-state index in [1.54, 1.807) is 0 Å². The van der Waals surface area contributed by atoms with E-state index in [4.69, 9.17) is 4.55 Å². The van der Waals surface area contributed by atoms with Crippen molar-refractivity contribution < 1.29 is 17.2 Å². The van der Waals surface area contributed by atoms with E-state index in [2.05, 4.69) is 10.6 Å². The summed E-state index contributed by atoms with van der Waals surface area (Å²) in [4.78, 5) is 0. The Morgan fingerprint density at radius 3 is 2.14 bits per heavy atom. The van der Waals surface area contributed by atoms with Crippen LogP contribution in [0.4, 0.5) is 0 Å². The minimum atomic E-state index is -4.41. The Kier molecular flexibility index (Phi) is 1.63. The summed E-state index contributed by atoms with van der Waals surface area (Å²) in [6, 6.07) is 0. The third-order valence-corrected chi connectivity index (χ3v) is 0.460. The first-order valence-corrected chi connectivity index (χ1v) is 2.54. The van der Waals surface area contributed by atoms with Crippen LogP contribution in [-0.4, -0.2) is 13.0 Å². The molecule has 0 aliphatic rings.